The van der Waals surface area contributed by atoms with Crippen molar-refractivity contribution in [1.29, 1.82) is 0 Å². The highest BCUT2D eigenvalue weighted by Crippen LogP contribution is 2.39. The van der Waals surface area contributed by atoms with Crippen molar-refractivity contribution in [2.75, 3.05) is 20.2 Å². The van der Waals surface area contributed by atoms with Gasteiger partial charge in [0.05, 0.1) is 25.5 Å². The molecule has 1 aromatic heterocycles. The number of carbonyl (C=O) groups excluding carboxylic acids is 2. The lowest BCUT2D eigenvalue weighted by molar-refractivity contribution is -0.135. The predicted octanol–water partition coefficient (Wildman–Crippen LogP) is 1.75. The van der Waals surface area contributed by atoms with Gasteiger partial charge in [0.25, 0.3) is 5.91 Å². The van der Waals surface area contributed by atoms with Crippen LogP contribution in [-0.4, -0.2) is 58.7 Å². The summed E-state index contributed by atoms with van der Waals surface area (Å²) < 4.78 is 10.5. The van der Waals surface area contributed by atoms with Gasteiger partial charge in [-0.15, -0.1) is 0 Å². The van der Waals surface area contributed by atoms with Crippen LogP contribution in [0.5, 0.6) is 0 Å². The number of aliphatic hydroxyl groups excluding tert-OH is 1. The molecule has 1 N–H and O–H groups in total. The second kappa shape index (κ2) is 6.94. The van der Waals surface area contributed by atoms with E-state index in [0.717, 1.165) is 19.3 Å². The number of imide groups is 1. The molecule has 1 atom stereocenters. The summed E-state index contributed by atoms with van der Waals surface area (Å²) in [5.74, 6) is 0.483. The Morgan fingerprint density at radius 1 is 1.33 bits per heavy atom. The molecule has 1 aliphatic heterocycles. The molecule has 2 fully saturated rings. The van der Waals surface area contributed by atoms with Crippen LogP contribution < -0.4 is 0 Å². The number of furan rings is 1. The third-order valence-electron chi connectivity index (χ3n) is 5.01. The molecule has 1 aliphatic carbocycles. The van der Waals surface area contributed by atoms with E-state index >= 15 is 0 Å². The van der Waals surface area contributed by atoms with Crippen LogP contribution in [-0.2, 0) is 16.1 Å². The Kier molecular flexibility index (Phi) is 4.91. The minimum absolute atomic E-state index is 0.0362. The Morgan fingerprint density at radius 2 is 2.08 bits per heavy atom. The van der Waals surface area contributed by atoms with Crippen molar-refractivity contribution in [3.05, 3.63) is 24.2 Å². The minimum Gasteiger partial charge on any atom is -0.467 e. The van der Waals surface area contributed by atoms with Crippen LogP contribution in [0.2, 0.25) is 0 Å². The van der Waals surface area contributed by atoms with Crippen LogP contribution in [0.1, 0.15) is 37.9 Å². The molecule has 0 unspecified atom stereocenters. The molecule has 3 rings (SSSR count). The molecule has 132 valence electrons. The summed E-state index contributed by atoms with van der Waals surface area (Å²) >= 11 is 0. The minimum atomic E-state index is -0.917. The van der Waals surface area contributed by atoms with E-state index in [-0.39, 0.29) is 31.7 Å². The van der Waals surface area contributed by atoms with Crippen LogP contribution >= 0.6 is 0 Å². The fraction of sp³-hybridized carbons (Fsp3) is 0.647. The van der Waals surface area contributed by atoms with Crippen molar-refractivity contribution in [2.45, 2.75) is 50.4 Å². The molecule has 2 aliphatic rings. The summed E-state index contributed by atoms with van der Waals surface area (Å²) in [6, 6.07) is 3.21. The number of urea groups is 1. The van der Waals surface area contributed by atoms with Gasteiger partial charge in [-0.25, -0.2) is 4.79 Å². The molecule has 3 amide bonds. The maximum absolute atomic E-state index is 12.8. The summed E-state index contributed by atoms with van der Waals surface area (Å²) in [5.41, 5.74) is -0.704. The fourth-order valence-electron chi connectivity index (χ4n) is 3.65. The van der Waals surface area contributed by atoms with E-state index in [0.29, 0.717) is 18.6 Å². The monoisotopic (exact) mass is 336 g/mol. The molecule has 1 saturated heterocycles. The molecule has 0 radical (unpaired) electrons. The lowest BCUT2D eigenvalue weighted by atomic mass is 9.81. The first-order valence-electron chi connectivity index (χ1n) is 8.42. The molecule has 7 nitrogen and oxygen atoms in total. The van der Waals surface area contributed by atoms with Gasteiger partial charge in [-0.05, 0) is 25.0 Å². The molecule has 2 heterocycles. The summed E-state index contributed by atoms with van der Waals surface area (Å²) in [4.78, 5) is 28.0. The Labute approximate surface area is 141 Å². The maximum atomic E-state index is 12.8. The average molecular weight is 336 g/mol. The molecule has 1 aromatic rings. The number of amides is 3. The Balaban J connectivity index is 1.56. The molecular weight excluding hydrogens is 312 g/mol. The number of β-amino-alcohol motifs (C(OH)–C–C–N with tert-alkyl or cyclic N) is 1. The van der Waals surface area contributed by atoms with Gasteiger partial charge in [0.2, 0.25) is 0 Å². The lowest BCUT2D eigenvalue weighted by Gasteiger charge is -2.35. The van der Waals surface area contributed by atoms with E-state index < -0.39 is 11.6 Å². The van der Waals surface area contributed by atoms with Crippen molar-refractivity contribution >= 4 is 11.9 Å². The van der Waals surface area contributed by atoms with Crippen LogP contribution in [0.4, 0.5) is 4.79 Å². The van der Waals surface area contributed by atoms with Crippen molar-refractivity contribution in [3.8, 4) is 0 Å². The van der Waals surface area contributed by atoms with Crippen molar-refractivity contribution in [1.82, 2.24) is 9.80 Å². The molecule has 1 saturated carbocycles. The number of rotatable bonds is 6. The zero-order chi connectivity index (χ0) is 17.2. The van der Waals surface area contributed by atoms with Crippen molar-refractivity contribution < 1.29 is 23.8 Å². The number of nitrogens with zero attached hydrogens (tertiary/aromatic N) is 2. The molecule has 0 bridgehead atoms. The SMILES string of the molecule is CN1C(=O)N(C[C@H](O)COCc2ccco2)C(=O)C12CCCCC2. The highest BCUT2D eigenvalue weighted by molar-refractivity contribution is 6.07. The Hall–Kier alpha value is -1.86. The van der Waals surface area contributed by atoms with Gasteiger partial charge in [0.1, 0.15) is 17.9 Å². The quantitative estimate of drug-likeness (QED) is 0.800. The van der Waals surface area contributed by atoms with Crippen molar-refractivity contribution in [3.63, 3.8) is 0 Å². The van der Waals surface area contributed by atoms with Crippen LogP contribution in [0.3, 0.4) is 0 Å². The largest absolute Gasteiger partial charge is 0.467 e. The van der Waals surface area contributed by atoms with Gasteiger partial charge in [0, 0.05) is 7.05 Å². The van der Waals surface area contributed by atoms with E-state index in [1.54, 1.807) is 30.3 Å². The van der Waals surface area contributed by atoms with Crippen LogP contribution in [0.25, 0.3) is 0 Å². The summed E-state index contributed by atoms with van der Waals surface area (Å²) in [7, 11) is 1.69. The standard InChI is InChI=1S/C17H24N2O5/c1-18-16(22)19(15(21)17(18)7-3-2-4-8-17)10-13(20)11-23-12-14-6-5-9-24-14/h5-6,9,13,20H,2-4,7-8,10-12H2,1H3/t13-/m0/s1. The van der Waals surface area contributed by atoms with Gasteiger partial charge in [-0.1, -0.05) is 19.3 Å². The van der Waals surface area contributed by atoms with Gasteiger partial charge < -0.3 is 19.2 Å². The molecule has 0 aromatic carbocycles. The fourth-order valence-corrected chi connectivity index (χ4v) is 3.65. The van der Waals surface area contributed by atoms with Crippen LogP contribution in [0, 0.1) is 0 Å². The first-order chi connectivity index (χ1) is 11.5. The van der Waals surface area contributed by atoms with Gasteiger partial charge in [-0.3, -0.25) is 9.69 Å². The van der Waals surface area contributed by atoms with E-state index in [2.05, 4.69) is 0 Å². The molecule has 1 spiro atoms. The number of likely N-dealkylation sites (N-methyl/N-ethyl adjacent to an activating group) is 1. The van der Waals surface area contributed by atoms with Gasteiger partial charge in [0.15, 0.2) is 0 Å². The number of aliphatic hydroxyl groups is 1. The van der Waals surface area contributed by atoms with E-state index in [9.17, 15) is 14.7 Å². The highest BCUT2D eigenvalue weighted by atomic mass is 16.5. The molecule has 7 heteroatoms. The first-order valence-corrected chi connectivity index (χ1v) is 8.42. The maximum Gasteiger partial charge on any atom is 0.327 e. The predicted molar refractivity (Wildman–Crippen MR) is 85.1 cm³/mol. The normalized spacial score (nSPS) is 21.8. The molecule has 24 heavy (non-hydrogen) atoms. The Morgan fingerprint density at radius 3 is 2.75 bits per heavy atom. The third-order valence-corrected chi connectivity index (χ3v) is 5.01. The van der Waals surface area contributed by atoms with Crippen LogP contribution in [0.15, 0.2) is 22.8 Å². The third kappa shape index (κ3) is 3.06. The second-order valence-corrected chi connectivity index (χ2v) is 6.60. The van der Waals surface area contributed by atoms with Gasteiger partial charge in [-0.2, -0.15) is 0 Å². The van der Waals surface area contributed by atoms with E-state index in [4.69, 9.17) is 9.15 Å². The van der Waals surface area contributed by atoms with E-state index in [1.807, 2.05) is 0 Å². The summed E-state index contributed by atoms with van der Waals surface area (Å²) in [6.45, 7) is 0.242. The molecular formula is C17H24N2O5. The number of carbonyl (C=O) groups is 2. The summed E-state index contributed by atoms with van der Waals surface area (Å²) in [6.07, 6.45) is 5.04. The average Bonchev–Trinajstić information content (AvgIpc) is 3.16. The Bertz CT molecular complexity index is 580. The first kappa shape index (κ1) is 17.0. The van der Waals surface area contributed by atoms with Crippen molar-refractivity contribution in [2.24, 2.45) is 0 Å². The highest BCUT2D eigenvalue weighted by Gasteiger charge is 2.55. The second-order valence-electron chi connectivity index (χ2n) is 6.60. The summed E-state index contributed by atoms with van der Waals surface area (Å²) in [5, 5.41) is 10.1. The smallest absolute Gasteiger partial charge is 0.327 e. The lowest BCUT2D eigenvalue weighted by Crippen LogP contribution is -2.49. The number of hydrogen-bond acceptors (Lipinski definition) is 5. The zero-order valence-corrected chi connectivity index (χ0v) is 13.9. The van der Waals surface area contributed by atoms with E-state index in [1.165, 1.54) is 4.90 Å². The topological polar surface area (TPSA) is 83.2 Å². The number of hydrogen-bond donors (Lipinski definition) is 1. The number of ether oxygens (including phenoxy) is 1. The zero-order valence-electron chi connectivity index (χ0n) is 13.9. The van der Waals surface area contributed by atoms with Gasteiger partial charge >= 0.3 is 6.03 Å².